The van der Waals surface area contributed by atoms with Gasteiger partial charge in [0.25, 0.3) is 0 Å². The molecule has 9 heteroatoms. The smallest absolute Gasteiger partial charge is 0.434 e. The largest absolute Gasteiger partial charge is 0.444 e. The Labute approximate surface area is 227 Å². The number of nitrogens with zero attached hydrogens (tertiary/aromatic N) is 2. The summed E-state index contributed by atoms with van der Waals surface area (Å²) in [5.74, 6) is -0.258. The molecular weight excluding hydrogens is 486 g/mol. The van der Waals surface area contributed by atoms with Crippen LogP contribution in [0.25, 0.3) is 0 Å². The van der Waals surface area contributed by atoms with E-state index in [9.17, 15) is 14.4 Å². The second-order valence-electron chi connectivity index (χ2n) is 12.4. The van der Waals surface area contributed by atoms with Crippen LogP contribution in [0, 0.1) is 5.92 Å². The zero-order valence-electron chi connectivity index (χ0n) is 23.8. The molecule has 1 aliphatic carbocycles. The predicted molar refractivity (Wildman–Crippen MR) is 144 cm³/mol. The van der Waals surface area contributed by atoms with Crippen molar-refractivity contribution in [3.63, 3.8) is 0 Å². The Morgan fingerprint density at radius 1 is 0.921 bits per heavy atom. The number of likely N-dealkylation sites (tertiary alicyclic amines) is 1. The van der Waals surface area contributed by atoms with E-state index in [4.69, 9.17) is 14.3 Å². The summed E-state index contributed by atoms with van der Waals surface area (Å²) in [5.41, 5.74) is -0.467. The van der Waals surface area contributed by atoms with Crippen LogP contribution in [0.2, 0.25) is 0 Å². The maximum Gasteiger partial charge on any atom is 0.434 e. The third kappa shape index (κ3) is 9.49. The van der Waals surface area contributed by atoms with Crippen molar-refractivity contribution < 1.29 is 28.7 Å². The van der Waals surface area contributed by atoms with Crippen LogP contribution in [0.5, 0.6) is 0 Å². The van der Waals surface area contributed by atoms with Gasteiger partial charge in [0, 0.05) is 12.6 Å². The number of ether oxygens (including phenoxy) is 2. The van der Waals surface area contributed by atoms with Crippen LogP contribution >= 0.6 is 0 Å². The van der Waals surface area contributed by atoms with E-state index in [1.807, 2.05) is 51.1 Å². The standard InChI is InChI=1S/C29H45N3O6/c1-28(2,3)37-26(34)31-18-22(16-17-24(31)25(33)30-23-14-10-11-15-23)19-32(27(35)38-29(4,5)6)36-20-21-12-8-7-9-13-21/h7-9,12-13,22-24H,10-11,14-20H2,1-6H3,(H,30,33). The minimum atomic E-state index is -0.697. The van der Waals surface area contributed by atoms with E-state index in [0.29, 0.717) is 12.8 Å². The van der Waals surface area contributed by atoms with Gasteiger partial charge in [-0.15, -0.1) is 0 Å². The molecule has 2 atom stereocenters. The Balaban J connectivity index is 1.73. The van der Waals surface area contributed by atoms with Crippen LogP contribution < -0.4 is 5.32 Å². The van der Waals surface area contributed by atoms with Crippen molar-refractivity contribution in [2.24, 2.45) is 5.92 Å². The second kappa shape index (κ2) is 12.8. The van der Waals surface area contributed by atoms with Crippen LogP contribution in [0.1, 0.15) is 85.6 Å². The lowest BCUT2D eigenvalue weighted by molar-refractivity contribution is -0.165. The van der Waals surface area contributed by atoms with Gasteiger partial charge < -0.3 is 14.8 Å². The fraction of sp³-hybridized carbons (Fsp3) is 0.690. The molecule has 38 heavy (non-hydrogen) atoms. The van der Waals surface area contributed by atoms with E-state index in [0.717, 1.165) is 31.2 Å². The molecule has 9 nitrogen and oxygen atoms in total. The Morgan fingerprint density at radius 3 is 2.16 bits per heavy atom. The Kier molecular flexibility index (Phi) is 10.0. The third-order valence-electron chi connectivity index (χ3n) is 6.56. The summed E-state index contributed by atoms with van der Waals surface area (Å²) >= 11 is 0. The van der Waals surface area contributed by atoms with Gasteiger partial charge in [0.15, 0.2) is 0 Å². The number of hydrogen-bond donors (Lipinski definition) is 1. The van der Waals surface area contributed by atoms with E-state index in [2.05, 4.69) is 5.32 Å². The molecule has 0 aromatic heterocycles. The SMILES string of the molecule is CC(C)(C)OC(=O)N(CC1CCC(C(=O)NC2CCCC2)N(C(=O)OC(C)(C)C)C1)OCc1ccccc1. The minimum Gasteiger partial charge on any atom is -0.444 e. The first-order valence-electron chi connectivity index (χ1n) is 13.8. The molecule has 2 aliphatic rings. The van der Waals surface area contributed by atoms with Crippen molar-refractivity contribution >= 4 is 18.1 Å². The molecule has 1 saturated carbocycles. The molecule has 2 unspecified atom stereocenters. The number of nitrogens with one attached hydrogen (secondary N) is 1. The molecule has 1 heterocycles. The average Bonchev–Trinajstić information content (AvgIpc) is 3.33. The maximum absolute atomic E-state index is 13.2. The summed E-state index contributed by atoms with van der Waals surface area (Å²) < 4.78 is 11.3. The second-order valence-corrected chi connectivity index (χ2v) is 12.4. The maximum atomic E-state index is 13.2. The normalized spacial score (nSPS) is 20.6. The third-order valence-corrected chi connectivity index (χ3v) is 6.56. The van der Waals surface area contributed by atoms with Crippen molar-refractivity contribution in [2.45, 2.75) is 110 Å². The highest BCUT2D eigenvalue weighted by Gasteiger charge is 2.40. The molecule has 2 fully saturated rings. The van der Waals surface area contributed by atoms with Gasteiger partial charge in [0.1, 0.15) is 23.9 Å². The van der Waals surface area contributed by atoms with Gasteiger partial charge in [-0.3, -0.25) is 14.5 Å². The molecule has 1 saturated heterocycles. The average molecular weight is 532 g/mol. The van der Waals surface area contributed by atoms with E-state index < -0.39 is 29.4 Å². The van der Waals surface area contributed by atoms with E-state index in [1.165, 1.54) is 9.96 Å². The summed E-state index contributed by atoms with van der Waals surface area (Å²) in [5, 5.41) is 4.38. The fourth-order valence-corrected chi connectivity index (χ4v) is 4.81. The number of piperidine rings is 1. The fourth-order valence-electron chi connectivity index (χ4n) is 4.81. The number of hydroxylamine groups is 2. The first-order valence-corrected chi connectivity index (χ1v) is 13.8. The summed E-state index contributed by atoms with van der Waals surface area (Å²) in [6.45, 7) is 11.5. The number of hydrogen-bond acceptors (Lipinski definition) is 6. The molecule has 0 spiro atoms. The molecule has 1 aromatic rings. The van der Waals surface area contributed by atoms with Crippen molar-refractivity contribution in [2.75, 3.05) is 13.1 Å². The van der Waals surface area contributed by atoms with Crippen LogP contribution in [-0.4, -0.2) is 64.4 Å². The van der Waals surface area contributed by atoms with Gasteiger partial charge in [0.05, 0.1) is 6.54 Å². The lowest BCUT2D eigenvalue weighted by atomic mass is 9.92. The van der Waals surface area contributed by atoms with Crippen LogP contribution in [0.4, 0.5) is 9.59 Å². The molecule has 0 radical (unpaired) electrons. The van der Waals surface area contributed by atoms with Gasteiger partial charge >= 0.3 is 12.2 Å². The Morgan fingerprint density at radius 2 is 1.55 bits per heavy atom. The topological polar surface area (TPSA) is 97.4 Å². The number of carbonyl (C=O) groups is 3. The van der Waals surface area contributed by atoms with Crippen LogP contribution in [0.15, 0.2) is 30.3 Å². The van der Waals surface area contributed by atoms with Crippen LogP contribution in [0.3, 0.4) is 0 Å². The first kappa shape index (κ1) is 29.7. The molecule has 1 aromatic carbocycles. The number of rotatable bonds is 7. The quantitative estimate of drug-likeness (QED) is 0.471. The lowest BCUT2D eigenvalue weighted by Gasteiger charge is -2.40. The van der Waals surface area contributed by atoms with E-state index >= 15 is 0 Å². The number of carbonyl (C=O) groups excluding carboxylic acids is 3. The van der Waals surface area contributed by atoms with Gasteiger partial charge in [-0.1, -0.05) is 43.2 Å². The lowest BCUT2D eigenvalue weighted by Crippen LogP contribution is -2.57. The van der Waals surface area contributed by atoms with Gasteiger partial charge in [-0.05, 0) is 78.7 Å². The summed E-state index contributed by atoms with van der Waals surface area (Å²) in [6.07, 6.45) is 4.17. The van der Waals surface area contributed by atoms with Crippen molar-refractivity contribution in [3.8, 4) is 0 Å². The van der Waals surface area contributed by atoms with Gasteiger partial charge in [-0.2, -0.15) is 5.06 Å². The first-order chi connectivity index (χ1) is 17.8. The molecule has 3 amide bonds. The summed E-state index contributed by atoms with van der Waals surface area (Å²) in [6, 6.07) is 9.14. The molecule has 1 N–H and O–H groups in total. The Hall–Kier alpha value is -2.81. The number of amides is 3. The zero-order chi connectivity index (χ0) is 27.9. The summed E-state index contributed by atoms with van der Waals surface area (Å²) in [7, 11) is 0. The molecule has 212 valence electrons. The highest BCUT2D eigenvalue weighted by atomic mass is 16.7. The van der Waals surface area contributed by atoms with Crippen LogP contribution in [-0.2, 0) is 25.7 Å². The zero-order valence-corrected chi connectivity index (χ0v) is 23.8. The van der Waals surface area contributed by atoms with Crippen molar-refractivity contribution in [1.82, 2.24) is 15.3 Å². The number of benzene rings is 1. The molecular formula is C29H45N3O6. The van der Waals surface area contributed by atoms with E-state index in [-0.39, 0.29) is 37.6 Å². The summed E-state index contributed by atoms with van der Waals surface area (Å²) in [4.78, 5) is 46.9. The highest BCUT2D eigenvalue weighted by molar-refractivity contribution is 5.86. The minimum absolute atomic E-state index is 0.124. The monoisotopic (exact) mass is 531 g/mol. The Bertz CT molecular complexity index is 934. The van der Waals surface area contributed by atoms with Crippen molar-refractivity contribution in [1.29, 1.82) is 0 Å². The molecule has 3 rings (SSSR count). The molecule has 0 bridgehead atoms. The highest BCUT2D eigenvalue weighted by Crippen LogP contribution is 2.27. The van der Waals surface area contributed by atoms with E-state index in [1.54, 1.807) is 20.8 Å². The van der Waals surface area contributed by atoms with Gasteiger partial charge in [0.2, 0.25) is 5.91 Å². The van der Waals surface area contributed by atoms with Crippen molar-refractivity contribution in [3.05, 3.63) is 35.9 Å². The predicted octanol–water partition coefficient (Wildman–Crippen LogP) is 5.43. The van der Waals surface area contributed by atoms with Gasteiger partial charge in [-0.25, -0.2) is 9.59 Å². The molecule has 1 aliphatic heterocycles.